The van der Waals surface area contributed by atoms with Gasteiger partial charge in [-0.3, -0.25) is 4.79 Å². The third kappa shape index (κ3) is 4.27. The highest BCUT2D eigenvalue weighted by Crippen LogP contribution is 2.18. The Balaban J connectivity index is 2.44. The fourth-order valence-electron chi connectivity index (χ4n) is 2.00. The summed E-state index contributed by atoms with van der Waals surface area (Å²) in [5, 5.41) is 0. The van der Waals surface area contributed by atoms with Crippen molar-refractivity contribution in [1.82, 2.24) is 4.90 Å². The standard InChI is InChI=1S/C12H21NO5/c1-16-7-8-18-9-11(14)13-6-4-3-5-10(13)12(15)17-2/h10H,3-9H2,1-2H3/t10-/m1/s1. The van der Waals surface area contributed by atoms with Gasteiger partial charge in [-0.15, -0.1) is 0 Å². The average Bonchev–Trinajstić information content (AvgIpc) is 2.42. The summed E-state index contributed by atoms with van der Waals surface area (Å²) in [7, 11) is 2.91. The molecular formula is C12H21NO5. The van der Waals surface area contributed by atoms with Crippen molar-refractivity contribution < 1.29 is 23.8 Å². The quantitative estimate of drug-likeness (QED) is 0.504. The number of nitrogens with zero attached hydrogens (tertiary/aromatic N) is 1. The van der Waals surface area contributed by atoms with E-state index < -0.39 is 6.04 Å². The van der Waals surface area contributed by atoms with Gasteiger partial charge >= 0.3 is 5.97 Å². The number of esters is 1. The molecule has 0 aliphatic carbocycles. The van der Waals surface area contributed by atoms with Crippen molar-refractivity contribution in [2.24, 2.45) is 0 Å². The van der Waals surface area contributed by atoms with Gasteiger partial charge in [0.15, 0.2) is 0 Å². The van der Waals surface area contributed by atoms with Crippen molar-refractivity contribution in [2.75, 3.05) is 40.6 Å². The number of carbonyl (C=O) groups is 2. The molecule has 0 aromatic heterocycles. The van der Waals surface area contributed by atoms with Gasteiger partial charge in [0.1, 0.15) is 12.6 Å². The van der Waals surface area contributed by atoms with Crippen LogP contribution in [-0.2, 0) is 23.8 Å². The molecular weight excluding hydrogens is 238 g/mol. The summed E-state index contributed by atoms with van der Waals surface area (Å²) in [5.41, 5.74) is 0. The second kappa shape index (κ2) is 8.05. The van der Waals surface area contributed by atoms with Crippen molar-refractivity contribution >= 4 is 11.9 Å². The van der Waals surface area contributed by atoms with Crippen LogP contribution in [0.15, 0.2) is 0 Å². The molecule has 18 heavy (non-hydrogen) atoms. The lowest BCUT2D eigenvalue weighted by atomic mass is 10.0. The number of hydrogen-bond acceptors (Lipinski definition) is 5. The SMILES string of the molecule is COCCOCC(=O)N1CCCC[C@@H]1C(=O)OC. The van der Waals surface area contributed by atoms with Crippen LogP contribution < -0.4 is 0 Å². The Hall–Kier alpha value is -1.14. The maximum atomic E-state index is 11.9. The molecule has 1 rings (SSSR count). The third-order valence-corrected chi connectivity index (χ3v) is 2.95. The highest BCUT2D eigenvalue weighted by molar-refractivity contribution is 5.85. The fourth-order valence-corrected chi connectivity index (χ4v) is 2.00. The molecule has 0 aromatic carbocycles. The Morgan fingerprint density at radius 2 is 2.00 bits per heavy atom. The normalized spacial score (nSPS) is 19.7. The zero-order valence-electron chi connectivity index (χ0n) is 11.0. The Morgan fingerprint density at radius 1 is 1.22 bits per heavy atom. The predicted molar refractivity (Wildman–Crippen MR) is 64.1 cm³/mol. The Bertz CT molecular complexity index is 282. The molecule has 0 bridgehead atoms. The van der Waals surface area contributed by atoms with Crippen LogP contribution in [0.25, 0.3) is 0 Å². The zero-order valence-corrected chi connectivity index (χ0v) is 11.0. The molecule has 104 valence electrons. The first-order chi connectivity index (χ1) is 8.70. The zero-order chi connectivity index (χ0) is 13.4. The highest BCUT2D eigenvalue weighted by atomic mass is 16.5. The molecule has 1 aliphatic heterocycles. The number of methoxy groups -OCH3 is 2. The van der Waals surface area contributed by atoms with E-state index >= 15 is 0 Å². The van der Waals surface area contributed by atoms with Crippen molar-refractivity contribution in [3.63, 3.8) is 0 Å². The van der Waals surface area contributed by atoms with E-state index in [2.05, 4.69) is 0 Å². The smallest absolute Gasteiger partial charge is 0.328 e. The number of carbonyl (C=O) groups excluding carboxylic acids is 2. The van der Waals surface area contributed by atoms with Gasteiger partial charge in [-0.25, -0.2) is 4.79 Å². The van der Waals surface area contributed by atoms with E-state index in [1.165, 1.54) is 7.11 Å². The van der Waals surface area contributed by atoms with E-state index in [0.717, 1.165) is 12.8 Å². The van der Waals surface area contributed by atoms with E-state index in [1.54, 1.807) is 12.0 Å². The summed E-state index contributed by atoms with van der Waals surface area (Å²) in [4.78, 5) is 25.1. The predicted octanol–water partition coefficient (Wildman–Crippen LogP) is 0.204. The van der Waals surface area contributed by atoms with Crippen molar-refractivity contribution in [3.8, 4) is 0 Å². The third-order valence-electron chi connectivity index (χ3n) is 2.95. The molecule has 0 N–H and O–H groups in total. The summed E-state index contributed by atoms with van der Waals surface area (Å²) >= 11 is 0. The van der Waals surface area contributed by atoms with Crippen LogP contribution in [0.5, 0.6) is 0 Å². The molecule has 0 unspecified atom stereocenters. The van der Waals surface area contributed by atoms with E-state index in [1.807, 2.05) is 0 Å². The van der Waals surface area contributed by atoms with Gasteiger partial charge in [0.25, 0.3) is 0 Å². The van der Waals surface area contributed by atoms with Gasteiger partial charge in [0.05, 0.1) is 20.3 Å². The summed E-state index contributed by atoms with van der Waals surface area (Å²) in [5.74, 6) is -0.513. The van der Waals surface area contributed by atoms with E-state index in [-0.39, 0.29) is 18.5 Å². The molecule has 0 radical (unpaired) electrons. The minimum absolute atomic E-state index is 0.0170. The number of hydrogen-bond donors (Lipinski definition) is 0. The molecule has 0 aromatic rings. The van der Waals surface area contributed by atoms with Gasteiger partial charge in [-0.2, -0.15) is 0 Å². The van der Waals surface area contributed by atoms with Crippen LogP contribution in [0.4, 0.5) is 0 Å². The van der Waals surface area contributed by atoms with Crippen LogP contribution in [-0.4, -0.2) is 63.4 Å². The molecule has 0 spiro atoms. The Labute approximate surface area is 107 Å². The number of rotatable bonds is 6. The maximum absolute atomic E-state index is 11.9. The van der Waals surface area contributed by atoms with Crippen LogP contribution in [0.3, 0.4) is 0 Å². The first-order valence-corrected chi connectivity index (χ1v) is 6.14. The molecule has 0 saturated carbocycles. The van der Waals surface area contributed by atoms with Gasteiger partial charge < -0.3 is 19.1 Å². The topological polar surface area (TPSA) is 65.1 Å². The minimum Gasteiger partial charge on any atom is -0.467 e. The van der Waals surface area contributed by atoms with Gasteiger partial charge in [0.2, 0.25) is 5.91 Å². The first kappa shape index (κ1) is 14.9. The van der Waals surface area contributed by atoms with Gasteiger partial charge in [0, 0.05) is 13.7 Å². The lowest BCUT2D eigenvalue weighted by molar-refractivity contribution is -0.156. The van der Waals surface area contributed by atoms with Gasteiger partial charge in [-0.1, -0.05) is 0 Å². The minimum atomic E-state index is -0.456. The summed E-state index contributed by atoms with van der Waals surface area (Å²) in [6.45, 7) is 1.40. The average molecular weight is 259 g/mol. The summed E-state index contributed by atoms with van der Waals surface area (Å²) < 4.78 is 14.7. The van der Waals surface area contributed by atoms with Crippen molar-refractivity contribution in [3.05, 3.63) is 0 Å². The Kier molecular flexibility index (Phi) is 6.67. The summed E-state index contributed by atoms with van der Waals surface area (Å²) in [6, 6.07) is -0.456. The van der Waals surface area contributed by atoms with Crippen LogP contribution >= 0.6 is 0 Å². The molecule has 1 heterocycles. The second-order valence-electron chi connectivity index (χ2n) is 4.17. The number of amides is 1. The van der Waals surface area contributed by atoms with Crippen LogP contribution in [0.2, 0.25) is 0 Å². The molecule has 1 aliphatic rings. The molecule has 1 atom stereocenters. The van der Waals surface area contributed by atoms with Crippen molar-refractivity contribution in [2.45, 2.75) is 25.3 Å². The molecule has 6 nitrogen and oxygen atoms in total. The largest absolute Gasteiger partial charge is 0.467 e. The lowest BCUT2D eigenvalue weighted by Gasteiger charge is -2.33. The number of ether oxygens (including phenoxy) is 3. The highest BCUT2D eigenvalue weighted by Gasteiger charge is 2.32. The van der Waals surface area contributed by atoms with Crippen molar-refractivity contribution in [1.29, 1.82) is 0 Å². The molecule has 6 heteroatoms. The van der Waals surface area contributed by atoms with E-state index in [4.69, 9.17) is 14.2 Å². The van der Waals surface area contributed by atoms with E-state index in [0.29, 0.717) is 26.2 Å². The summed E-state index contributed by atoms with van der Waals surface area (Å²) in [6.07, 6.45) is 2.52. The fraction of sp³-hybridized carbons (Fsp3) is 0.833. The molecule has 1 amide bonds. The second-order valence-corrected chi connectivity index (χ2v) is 4.17. The van der Waals surface area contributed by atoms with Gasteiger partial charge in [-0.05, 0) is 19.3 Å². The molecule has 1 saturated heterocycles. The first-order valence-electron chi connectivity index (χ1n) is 6.14. The number of piperidine rings is 1. The molecule has 1 fully saturated rings. The van der Waals surface area contributed by atoms with Crippen LogP contribution in [0, 0.1) is 0 Å². The van der Waals surface area contributed by atoms with Crippen LogP contribution in [0.1, 0.15) is 19.3 Å². The Morgan fingerprint density at radius 3 is 2.67 bits per heavy atom. The van der Waals surface area contributed by atoms with E-state index in [9.17, 15) is 9.59 Å². The monoisotopic (exact) mass is 259 g/mol. The number of likely N-dealkylation sites (tertiary alicyclic amines) is 1. The maximum Gasteiger partial charge on any atom is 0.328 e. The lowest BCUT2D eigenvalue weighted by Crippen LogP contribution is -2.49.